The lowest BCUT2D eigenvalue weighted by atomic mass is 10.1. The van der Waals surface area contributed by atoms with Crippen LogP contribution in [0.5, 0.6) is 0 Å². The molecule has 4 N–H and O–H groups in total. The molecule has 43 heavy (non-hydrogen) atoms. The van der Waals surface area contributed by atoms with Crippen molar-refractivity contribution >= 4 is 57.7 Å². The minimum Gasteiger partial charge on any atom is -0.465 e. The van der Waals surface area contributed by atoms with E-state index in [4.69, 9.17) is 5.73 Å². The lowest BCUT2D eigenvalue weighted by Crippen LogP contribution is -2.32. The van der Waals surface area contributed by atoms with Crippen LogP contribution < -0.4 is 16.4 Å². The molecule has 4 rings (SSSR count). The Balaban J connectivity index is 0.000000236. The minimum absolute atomic E-state index is 0.116. The first kappa shape index (κ1) is 33.1. The summed E-state index contributed by atoms with van der Waals surface area (Å²) in [5.74, 6) is -1.13. The highest BCUT2D eigenvalue weighted by atomic mass is 32.1. The smallest absolute Gasteiger partial charge is 0.337 e. The molecule has 0 fully saturated rings. The van der Waals surface area contributed by atoms with Gasteiger partial charge in [0.2, 0.25) is 17.7 Å². The summed E-state index contributed by atoms with van der Waals surface area (Å²) in [5, 5.41) is 13.5. The standard InChI is InChI=1S/C16H18N2O3S.C15H17N3O2S/c1-18(2)14(12-8-9-22-10-12)15(19)17-13-6-4-11(5-7-13)16(20)21-3;1-18(2)13(11-7-8-21-9-11)15(20)17-12-5-3-10(4-6-12)14(16)19/h4-10,14H,1-3H3,(H,17,19);3-9,13H,1-2H3,(H2,16,19)(H,17,20). The summed E-state index contributed by atoms with van der Waals surface area (Å²) in [6.07, 6.45) is 0. The zero-order valence-electron chi connectivity index (χ0n) is 24.6. The number of nitrogens with two attached hydrogens (primary N) is 1. The Bertz CT molecular complexity index is 1490. The van der Waals surface area contributed by atoms with Gasteiger partial charge in [-0.1, -0.05) is 0 Å². The molecule has 0 aliphatic rings. The number of anilines is 2. The van der Waals surface area contributed by atoms with Crippen molar-refractivity contribution in [3.63, 3.8) is 0 Å². The van der Waals surface area contributed by atoms with Crippen molar-refractivity contribution in [3.8, 4) is 0 Å². The van der Waals surface area contributed by atoms with Crippen LogP contribution in [0.2, 0.25) is 0 Å². The zero-order chi connectivity index (χ0) is 31.5. The van der Waals surface area contributed by atoms with Gasteiger partial charge >= 0.3 is 5.97 Å². The van der Waals surface area contributed by atoms with Crippen molar-refractivity contribution < 1.29 is 23.9 Å². The first-order chi connectivity index (χ1) is 20.5. The molecule has 10 nitrogen and oxygen atoms in total. The lowest BCUT2D eigenvalue weighted by molar-refractivity contribution is -0.121. The first-order valence-electron chi connectivity index (χ1n) is 13.1. The van der Waals surface area contributed by atoms with Crippen LogP contribution in [-0.2, 0) is 14.3 Å². The van der Waals surface area contributed by atoms with E-state index < -0.39 is 11.9 Å². The summed E-state index contributed by atoms with van der Waals surface area (Å²) in [6.45, 7) is 0. The van der Waals surface area contributed by atoms with Crippen LogP contribution in [-0.4, -0.2) is 68.8 Å². The molecule has 2 aromatic carbocycles. The Morgan fingerprint density at radius 2 is 1.07 bits per heavy atom. The SMILES string of the molecule is CN(C)C(C(=O)Nc1ccc(C(N)=O)cc1)c1ccsc1.COC(=O)c1ccc(NC(=O)C(c2ccsc2)N(C)C)cc1. The molecule has 3 amide bonds. The van der Waals surface area contributed by atoms with Crippen molar-refractivity contribution in [2.24, 2.45) is 5.73 Å². The van der Waals surface area contributed by atoms with Crippen LogP contribution >= 0.6 is 22.7 Å². The Morgan fingerprint density at radius 3 is 1.37 bits per heavy atom. The van der Waals surface area contributed by atoms with Crippen LogP contribution in [0.3, 0.4) is 0 Å². The van der Waals surface area contributed by atoms with Gasteiger partial charge in [-0.25, -0.2) is 4.79 Å². The van der Waals surface area contributed by atoms with Crippen LogP contribution in [0.15, 0.2) is 82.2 Å². The number of benzene rings is 2. The Hall–Kier alpha value is -4.36. The highest BCUT2D eigenvalue weighted by Crippen LogP contribution is 2.24. The first-order valence-corrected chi connectivity index (χ1v) is 15.0. The van der Waals surface area contributed by atoms with Gasteiger partial charge in [-0.2, -0.15) is 22.7 Å². The van der Waals surface area contributed by atoms with E-state index in [-0.39, 0.29) is 23.9 Å². The molecule has 0 saturated heterocycles. The predicted octanol–water partition coefficient (Wildman–Crippen LogP) is 4.86. The second-order valence-corrected chi connectivity index (χ2v) is 11.4. The molecule has 0 bridgehead atoms. The summed E-state index contributed by atoms with van der Waals surface area (Å²) in [7, 11) is 8.78. The molecular formula is C31H35N5O5S2. The van der Waals surface area contributed by atoms with Gasteiger partial charge in [0.05, 0.1) is 12.7 Å². The van der Waals surface area contributed by atoms with Gasteiger partial charge in [0.1, 0.15) is 12.1 Å². The second-order valence-electron chi connectivity index (χ2n) is 9.83. The number of carbonyl (C=O) groups excluding carboxylic acids is 4. The van der Waals surface area contributed by atoms with E-state index in [0.29, 0.717) is 22.5 Å². The number of carbonyl (C=O) groups is 4. The van der Waals surface area contributed by atoms with Gasteiger partial charge in [-0.05, 0) is 122 Å². The number of rotatable bonds is 10. The third-order valence-corrected chi connectivity index (χ3v) is 7.66. The molecule has 2 heterocycles. The molecular weight excluding hydrogens is 587 g/mol. The van der Waals surface area contributed by atoms with Crippen LogP contribution in [0.4, 0.5) is 11.4 Å². The molecule has 2 atom stereocenters. The highest BCUT2D eigenvalue weighted by molar-refractivity contribution is 7.08. The number of esters is 1. The number of likely N-dealkylation sites (N-methyl/N-ethyl adjacent to an activating group) is 2. The Kier molecular flexibility index (Phi) is 12.1. The molecule has 226 valence electrons. The van der Waals surface area contributed by atoms with Crippen molar-refractivity contribution in [2.75, 3.05) is 45.9 Å². The number of ether oxygens (including phenoxy) is 1. The number of amides is 3. The largest absolute Gasteiger partial charge is 0.465 e. The molecule has 0 radical (unpaired) electrons. The number of nitrogens with one attached hydrogen (secondary N) is 2. The average Bonchev–Trinajstić information content (AvgIpc) is 3.69. The van der Waals surface area contributed by atoms with E-state index in [9.17, 15) is 19.2 Å². The van der Waals surface area contributed by atoms with Gasteiger partial charge in [0, 0.05) is 16.9 Å². The van der Waals surface area contributed by atoms with Crippen molar-refractivity contribution in [1.29, 1.82) is 0 Å². The molecule has 0 spiro atoms. The molecule has 0 saturated carbocycles. The topological polar surface area (TPSA) is 134 Å². The van der Waals surface area contributed by atoms with Gasteiger partial charge < -0.3 is 21.1 Å². The van der Waals surface area contributed by atoms with Gasteiger partial charge in [0.15, 0.2) is 0 Å². The summed E-state index contributed by atoms with van der Waals surface area (Å²) in [6, 6.07) is 16.3. The molecule has 2 unspecified atom stereocenters. The zero-order valence-corrected chi connectivity index (χ0v) is 26.2. The van der Waals surface area contributed by atoms with Gasteiger partial charge in [-0.15, -0.1) is 0 Å². The fraction of sp³-hybridized carbons (Fsp3) is 0.226. The monoisotopic (exact) mass is 621 g/mol. The molecule has 12 heteroatoms. The van der Waals surface area contributed by atoms with E-state index in [2.05, 4.69) is 15.4 Å². The summed E-state index contributed by atoms with van der Waals surface area (Å²) >= 11 is 3.11. The van der Waals surface area contributed by atoms with Crippen LogP contribution in [0, 0.1) is 0 Å². The second kappa shape index (κ2) is 15.8. The Labute approximate surface area is 259 Å². The van der Waals surface area contributed by atoms with Crippen molar-refractivity contribution in [1.82, 2.24) is 9.80 Å². The highest BCUT2D eigenvalue weighted by Gasteiger charge is 2.24. The van der Waals surface area contributed by atoms with E-state index in [0.717, 1.165) is 11.1 Å². The number of thiophene rings is 2. The van der Waals surface area contributed by atoms with Crippen molar-refractivity contribution in [3.05, 3.63) is 104 Å². The van der Waals surface area contributed by atoms with Gasteiger partial charge in [-0.3, -0.25) is 24.2 Å². The summed E-state index contributed by atoms with van der Waals surface area (Å²) in [4.78, 5) is 51.0. The quantitative estimate of drug-likeness (QED) is 0.215. The fourth-order valence-corrected chi connectivity index (χ4v) is 5.53. The third kappa shape index (κ3) is 9.32. The number of hydrogen-bond donors (Lipinski definition) is 3. The third-order valence-electron chi connectivity index (χ3n) is 6.26. The minimum atomic E-state index is -0.489. The van der Waals surface area contributed by atoms with Crippen LogP contribution in [0.25, 0.3) is 0 Å². The fourth-order valence-electron chi connectivity index (χ4n) is 4.18. The van der Waals surface area contributed by atoms with Crippen LogP contribution in [0.1, 0.15) is 43.9 Å². The lowest BCUT2D eigenvalue weighted by Gasteiger charge is -2.22. The normalized spacial score (nSPS) is 12.1. The number of hydrogen-bond acceptors (Lipinski definition) is 9. The predicted molar refractivity (Wildman–Crippen MR) is 171 cm³/mol. The maximum Gasteiger partial charge on any atom is 0.337 e. The van der Waals surface area contributed by atoms with E-state index in [1.807, 2.05) is 71.6 Å². The van der Waals surface area contributed by atoms with E-state index >= 15 is 0 Å². The molecule has 2 aromatic heterocycles. The van der Waals surface area contributed by atoms with Crippen molar-refractivity contribution in [2.45, 2.75) is 12.1 Å². The summed E-state index contributed by atoms with van der Waals surface area (Å²) in [5.41, 5.74) is 9.23. The molecule has 0 aliphatic heterocycles. The maximum absolute atomic E-state index is 12.5. The van der Waals surface area contributed by atoms with E-state index in [1.54, 1.807) is 71.2 Å². The Morgan fingerprint density at radius 1 is 0.674 bits per heavy atom. The molecule has 0 aliphatic carbocycles. The maximum atomic E-state index is 12.5. The number of primary amides is 1. The molecule has 4 aromatic rings. The number of methoxy groups -OCH3 is 1. The van der Waals surface area contributed by atoms with Gasteiger partial charge in [0.25, 0.3) is 0 Å². The number of nitrogens with zero attached hydrogens (tertiary/aromatic N) is 2. The summed E-state index contributed by atoms with van der Waals surface area (Å²) < 4.78 is 4.64. The average molecular weight is 622 g/mol. The van der Waals surface area contributed by atoms with E-state index in [1.165, 1.54) is 7.11 Å².